The summed E-state index contributed by atoms with van der Waals surface area (Å²) in [5.41, 5.74) is 5.06. The highest BCUT2D eigenvalue weighted by Crippen LogP contribution is 2.17. The summed E-state index contributed by atoms with van der Waals surface area (Å²) in [4.78, 5) is 36.4. The lowest BCUT2D eigenvalue weighted by atomic mass is 10.1. The molecule has 3 amide bonds. The zero-order valence-electron chi connectivity index (χ0n) is 20.8. The van der Waals surface area contributed by atoms with Gasteiger partial charge in [0.15, 0.2) is 6.61 Å². The second-order valence-electron chi connectivity index (χ2n) is 7.95. The van der Waals surface area contributed by atoms with Gasteiger partial charge >= 0.3 is 11.8 Å². The van der Waals surface area contributed by atoms with Crippen molar-refractivity contribution in [1.29, 1.82) is 0 Å². The van der Waals surface area contributed by atoms with Crippen LogP contribution in [-0.2, 0) is 20.8 Å². The van der Waals surface area contributed by atoms with Gasteiger partial charge in [0.25, 0.3) is 5.91 Å². The van der Waals surface area contributed by atoms with Crippen LogP contribution in [0.2, 0.25) is 0 Å². The molecular formula is C28H30N4O5. The summed E-state index contributed by atoms with van der Waals surface area (Å²) in [6, 6.07) is 21.1. The summed E-state index contributed by atoms with van der Waals surface area (Å²) in [7, 11) is 0. The zero-order valence-corrected chi connectivity index (χ0v) is 20.8. The third-order valence-electron chi connectivity index (χ3n) is 5.07. The van der Waals surface area contributed by atoms with Crippen LogP contribution in [0.3, 0.4) is 0 Å². The highest BCUT2D eigenvalue weighted by Gasteiger charge is 2.13. The molecule has 0 aliphatic heterocycles. The fourth-order valence-corrected chi connectivity index (χ4v) is 3.23. The molecule has 3 N–H and O–H groups in total. The molecule has 3 aromatic carbocycles. The van der Waals surface area contributed by atoms with Crippen molar-refractivity contribution in [2.45, 2.75) is 26.7 Å². The SMILES string of the molecule is CCCOc1ccc(NC(=O)C(=O)N/N=C\c2cccc(OCC(=O)Nc3ccccc3CC)c2)cc1. The molecule has 0 fully saturated rings. The quantitative estimate of drug-likeness (QED) is 0.207. The van der Waals surface area contributed by atoms with Crippen LogP contribution < -0.4 is 25.5 Å². The number of amides is 3. The Balaban J connectivity index is 1.46. The molecule has 0 heterocycles. The Morgan fingerprint density at radius 1 is 0.838 bits per heavy atom. The van der Waals surface area contributed by atoms with Crippen molar-refractivity contribution in [3.63, 3.8) is 0 Å². The molecule has 37 heavy (non-hydrogen) atoms. The summed E-state index contributed by atoms with van der Waals surface area (Å²) >= 11 is 0. The highest BCUT2D eigenvalue weighted by molar-refractivity contribution is 6.39. The minimum absolute atomic E-state index is 0.165. The van der Waals surface area contributed by atoms with Crippen molar-refractivity contribution >= 4 is 35.3 Å². The van der Waals surface area contributed by atoms with Crippen LogP contribution in [-0.4, -0.2) is 37.1 Å². The first-order valence-electron chi connectivity index (χ1n) is 12.0. The molecule has 192 valence electrons. The molecule has 9 nitrogen and oxygen atoms in total. The van der Waals surface area contributed by atoms with Gasteiger partial charge in [-0.05, 0) is 66.4 Å². The lowest BCUT2D eigenvalue weighted by Gasteiger charge is -2.10. The van der Waals surface area contributed by atoms with Crippen LogP contribution in [0.4, 0.5) is 11.4 Å². The van der Waals surface area contributed by atoms with E-state index in [-0.39, 0.29) is 12.5 Å². The maximum absolute atomic E-state index is 12.3. The van der Waals surface area contributed by atoms with Crippen LogP contribution in [0.5, 0.6) is 11.5 Å². The minimum atomic E-state index is -0.918. The lowest BCUT2D eigenvalue weighted by Crippen LogP contribution is -2.32. The molecule has 9 heteroatoms. The lowest BCUT2D eigenvalue weighted by molar-refractivity contribution is -0.136. The maximum atomic E-state index is 12.3. The molecule has 0 bridgehead atoms. The maximum Gasteiger partial charge on any atom is 0.329 e. The van der Waals surface area contributed by atoms with Gasteiger partial charge in [0.2, 0.25) is 0 Å². The molecule has 0 saturated heterocycles. The van der Waals surface area contributed by atoms with Gasteiger partial charge < -0.3 is 20.1 Å². The third-order valence-corrected chi connectivity index (χ3v) is 5.07. The first-order chi connectivity index (χ1) is 18.0. The van der Waals surface area contributed by atoms with Crippen molar-refractivity contribution in [2.24, 2.45) is 5.10 Å². The molecule has 0 atom stereocenters. The average Bonchev–Trinajstić information content (AvgIpc) is 2.92. The summed E-state index contributed by atoms with van der Waals surface area (Å²) in [6.07, 6.45) is 3.07. The Bertz CT molecular complexity index is 1240. The van der Waals surface area contributed by atoms with E-state index in [0.29, 0.717) is 29.4 Å². The van der Waals surface area contributed by atoms with Crippen LogP contribution in [0.1, 0.15) is 31.4 Å². The number of aryl methyl sites for hydroxylation is 1. The second-order valence-corrected chi connectivity index (χ2v) is 7.95. The monoisotopic (exact) mass is 502 g/mol. The number of benzene rings is 3. The Hall–Kier alpha value is -4.66. The molecule has 0 aliphatic carbocycles. The molecular weight excluding hydrogens is 472 g/mol. The molecule has 3 aromatic rings. The van der Waals surface area contributed by atoms with Crippen molar-refractivity contribution in [1.82, 2.24) is 5.43 Å². The second kappa shape index (κ2) is 14.0. The predicted octanol–water partition coefficient (Wildman–Crippen LogP) is 4.14. The van der Waals surface area contributed by atoms with E-state index in [1.165, 1.54) is 6.21 Å². The molecule has 0 aliphatic rings. The Morgan fingerprint density at radius 2 is 1.62 bits per heavy atom. The van der Waals surface area contributed by atoms with Gasteiger partial charge in [0.05, 0.1) is 12.8 Å². The number of hydrogen-bond acceptors (Lipinski definition) is 6. The number of hydrogen-bond donors (Lipinski definition) is 3. The number of hydrazone groups is 1. The molecule has 0 spiro atoms. The highest BCUT2D eigenvalue weighted by atomic mass is 16.5. The van der Waals surface area contributed by atoms with E-state index in [1.54, 1.807) is 48.5 Å². The van der Waals surface area contributed by atoms with Gasteiger partial charge in [0.1, 0.15) is 11.5 Å². The van der Waals surface area contributed by atoms with Gasteiger partial charge in [-0.2, -0.15) is 5.10 Å². The van der Waals surface area contributed by atoms with E-state index < -0.39 is 11.8 Å². The largest absolute Gasteiger partial charge is 0.494 e. The van der Waals surface area contributed by atoms with E-state index in [1.807, 2.05) is 38.1 Å². The van der Waals surface area contributed by atoms with E-state index in [9.17, 15) is 14.4 Å². The molecule has 0 unspecified atom stereocenters. The van der Waals surface area contributed by atoms with Gasteiger partial charge in [0, 0.05) is 11.4 Å². The van der Waals surface area contributed by atoms with Crippen molar-refractivity contribution in [3.05, 3.63) is 83.9 Å². The first-order valence-corrected chi connectivity index (χ1v) is 12.0. The van der Waals surface area contributed by atoms with Crippen molar-refractivity contribution in [2.75, 3.05) is 23.8 Å². The number of nitrogens with zero attached hydrogens (tertiary/aromatic N) is 1. The number of carbonyl (C=O) groups is 3. The van der Waals surface area contributed by atoms with Gasteiger partial charge in [-0.25, -0.2) is 5.43 Å². The predicted molar refractivity (Wildman–Crippen MR) is 143 cm³/mol. The number of ether oxygens (including phenoxy) is 2. The number of anilines is 2. The number of para-hydroxylation sites is 1. The average molecular weight is 503 g/mol. The van der Waals surface area contributed by atoms with Crippen molar-refractivity contribution in [3.8, 4) is 11.5 Å². The number of carbonyl (C=O) groups excluding carboxylic acids is 3. The van der Waals surface area contributed by atoms with E-state index >= 15 is 0 Å². The molecule has 0 radical (unpaired) electrons. The van der Waals surface area contributed by atoms with E-state index in [2.05, 4.69) is 21.2 Å². The summed E-state index contributed by atoms with van der Waals surface area (Å²) in [5, 5.41) is 9.17. The van der Waals surface area contributed by atoms with Gasteiger partial charge in [-0.1, -0.05) is 44.2 Å². The smallest absolute Gasteiger partial charge is 0.329 e. The van der Waals surface area contributed by atoms with Crippen LogP contribution >= 0.6 is 0 Å². The molecule has 0 saturated carbocycles. The van der Waals surface area contributed by atoms with Crippen LogP contribution in [0, 0.1) is 0 Å². The number of rotatable bonds is 11. The van der Waals surface area contributed by atoms with Crippen LogP contribution in [0.15, 0.2) is 77.9 Å². The molecule has 3 rings (SSSR count). The van der Waals surface area contributed by atoms with Gasteiger partial charge in [-0.15, -0.1) is 0 Å². The normalized spacial score (nSPS) is 10.5. The third kappa shape index (κ3) is 8.81. The number of nitrogens with one attached hydrogen (secondary N) is 3. The fourth-order valence-electron chi connectivity index (χ4n) is 3.23. The summed E-state index contributed by atoms with van der Waals surface area (Å²) in [6.45, 7) is 4.47. The fraction of sp³-hybridized carbons (Fsp3) is 0.214. The Kier molecular flexibility index (Phi) is 10.2. The van der Waals surface area contributed by atoms with Crippen LogP contribution in [0.25, 0.3) is 0 Å². The summed E-state index contributed by atoms with van der Waals surface area (Å²) < 4.78 is 11.1. The van der Waals surface area contributed by atoms with E-state index in [0.717, 1.165) is 24.1 Å². The minimum Gasteiger partial charge on any atom is -0.494 e. The Morgan fingerprint density at radius 3 is 2.38 bits per heavy atom. The van der Waals surface area contributed by atoms with Gasteiger partial charge in [-0.3, -0.25) is 14.4 Å². The topological polar surface area (TPSA) is 118 Å². The van der Waals surface area contributed by atoms with Crippen molar-refractivity contribution < 1.29 is 23.9 Å². The summed E-state index contributed by atoms with van der Waals surface area (Å²) in [5.74, 6) is -0.909. The first kappa shape index (κ1) is 26.9. The molecule has 0 aromatic heterocycles. The van der Waals surface area contributed by atoms with E-state index in [4.69, 9.17) is 9.47 Å². The zero-order chi connectivity index (χ0) is 26.5. The standard InChI is InChI=1S/C28H30N4O5/c1-3-16-36-23-14-12-22(13-15-23)30-27(34)28(35)32-29-18-20-8-7-10-24(17-20)37-19-26(33)31-25-11-6-5-9-21(25)4-2/h5-15,17-18H,3-4,16,19H2,1-2H3,(H,30,34)(H,31,33)(H,32,35)/b29-18-. The Labute approximate surface area is 215 Å².